The second-order valence-corrected chi connectivity index (χ2v) is 5.90. The summed E-state index contributed by atoms with van der Waals surface area (Å²) in [6, 6.07) is 6.04. The molecule has 0 bridgehead atoms. The molecule has 1 N–H and O–H groups in total. The molecule has 7 nitrogen and oxygen atoms in total. The second-order valence-electron chi connectivity index (χ2n) is 5.90. The van der Waals surface area contributed by atoms with Gasteiger partial charge in [-0.2, -0.15) is 5.10 Å². The van der Waals surface area contributed by atoms with Crippen molar-refractivity contribution >= 4 is 11.6 Å². The zero-order chi connectivity index (χ0) is 17.1. The summed E-state index contributed by atoms with van der Waals surface area (Å²) in [7, 11) is 0. The van der Waals surface area contributed by atoms with E-state index in [4.69, 9.17) is 0 Å². The molecule has 8 heteroatoms. The van der Waals surface area contributed by atoms with E-state index in [1.165, 1.54) is 23.0 Å². The largest absolute Gasteiger partial charge is 0.349 e. The van der Waals surface area contributed by atoms with Gasteiger partial charge in [0.2, 0.25) is 5.91 Å². The third kappa shape index (κ3) is 3.95. The van der Waals surface area contributed by atoms with Gasteiger partial charge in [-0.05, 0) is 36.5 Å². The maximum Gasteiger partial charge on any atom is 0.306 e. The summed E-state index contributed by atoms with van der Waals surface area (Å²) in [5.41, 5.74) is 0.791. The van der Waals surface area contributed by atoms with E-state index in [1.807, 2.05) is 0 Å². The van der Waals surface area contributed by atoms with Gasteiger partial charge in [-0.1, -0.05) is 12.1 Å². The fourth-order valence-corrected chi connectivity index (χ4v) is 2.60. The molecule has 1 saturated carbocycles. The van der Waals surface area contributed by atoms with Crippen molar-refractivity contribution in [3.8, 4) is 0 Å². The first-order chi connectivity index (χ1) is 11.5. The van der Waals surface area contributed by atoms with Crippen LogP contribution < -0.4 is 5.32 Å². The first-order valence-corrected chi connectivity index (χ1v) is 7.74. The van der Waals surface area contributed by atoms with Crippen LogP contribution in [0.2, 0.25) is 0 Å². The smallest absolute Gasteiger partial charge is 0.306 e. The third-order valence-electron chi connectivity index (χ3n) is 4.04. The quantitative estimate of drug-likeness (QED) is 0.623. The lowest BCUT2D eigenvalue weighted by Gasteiger charge is -2.19. The number of aromatic nitrogens is 2. The molecule has 1 atom stereocenters. The molecule has 1 aromatic carbocycles. The maximum absolute atomic E-state index is 13.1. The van der Waals surface area contributed by atoms with Crippen LogP contribution in [0, 0.1) is 21.8 Å². The molecule has 3 rings (SSSR count). The monoisotopic (exact) mass is 332 g/mol. The lowest BCUT2D eigenvalue weighted by molar-refractivity contribution is -0.385. The lowest BCUT2D eigenvalue weighted by atomic mass is 10.0. The van der Waals surface area contributed by atoms with Gasteiger partial charge in [0.15, 0.2) is 0 Å². The van der Waals surface area contributed by atoms with Crippen LogP contribution in [0.1, 0.15) is 30.9 Å². The van der Waals surface area contributed by atoms with Gasteiger partial charge < -0.3 is 5.32 Å². The number of hydrogen-bond donors (Lipinski definition) is 1. The Balaban J connectivity index is 1.57. The summed E-state index contributed by atoms with van der Waals surface area (Å²) in [6.45, 7) is 0.264. The highest BCUT2D eigenvalue weighted by Gasteiger charge is 2.33. The van der Waals surface area contributed by atoms with Crippen molar-refractivity contribution in [2.75, 3.05) is 0 Å². The van der Waals surface area contributed by atoms with Gasteiger partial charge in [-0.15, -0.1) is 0 Å². The number of halogens is 1. The standard InChI is InChI=1S/C16H17FN4O3/c17-13-5-3-12(4-6-13)16(11-1-2-11)19-15(22)7-8-20-10-14(9-18-20)21(23)24/h3-6,9-11,16H,1-2,7-8H2,(H,19,22). The molecule has 0 radical (unpaired) electrons. The molecule has 126 valence electrons. The molecule has 2 aromatic rings. The lowest BCUT2D eigenvalue weighted by Crippen LogP contribution is -2.30. The van der Waals surface area contributed by atoms with E-state index in [1.54, 1.807) is 12.1 Å². The van der Waals surface area contributed by atoms with Crippen LogP contribution in [0.5, 0.6) is 0 Å². The van der Waals surface area contributed by atoms with E-state index in [-0.39, 0.29) is 36.4 Å². The average molecular weight is 332 g/mol. The number of carbonyl (C=O) groups is 1. The number of benzene rings is 1. The van der Waals surface area contributed by atoms with Crippen molar-refractivity contribution in [3.05, 3.63) is 58.2 Å². The number of nitrogens with zero attached hydrogens (tertiary/aromatic N) is 3. The predicted molar refractivity (Wildman–Crippen MR) is 83.5 cm³/mol. The first-order valence-electron chi connectivity index (χ1n) is 7.74. The summed E-state index contributed by atoms with van der Waals surface area (Å²) in [6.07, 6.45) is 4.69. The molecule has 1 fully saturated rings. The Labute approximate surface area is 137 Å². The van der Waals surface area contributed by atoms with Crippen LogP contribution >= 0.6 is 0 Å². The number of amides is 1. The Morgan fingerprint density at radius 3 is 2.71 bits per heavy atom. The topological polar surface area (TPSA) is 90.1 Å². The first kappa shape index (κ1) is 16.1. The zero-order valence-corrected chi connectivity index (χ0v) is 12.9. The minimum Gasteiger partial charge on any atom is -0.349 e. The number of carbonyl (C=O) groups excluding carboxylic acids is 1. The van der Waals surface area contributed by atoms with E-state index in [9.17, 15) is 19.3 Å². The third-order valence-corrected chi connectivity index (χ3v) is 4.04. The Morgan fingerprint density at radius 2 is 2.12 bits per heavy atom. The van der Waals surface area contributed by atoms with Crippen LogP contribution in [-0.2, 0) is 11.3 Å². The highest BCUT2D eigenvalue weighted by atomic mass is 19.1. The van der Waals surface area contributed by atoms with Crippen LogP contribution in [-0.4, -0.2) is 20.6 Å². The maximum atomic E-state index is 13.1. The molecular formula is C16H17FN4O3. The van der Waals surface area contributed by atoms with E-state index in [2.05, 4.69) is 10.4 Å². The molecule has 1 heterocycles. The van der Waals surface area contributed by atoms with Crippen LogP contribution in [0.3, 0.4) is 0 Å². The van der Waals surface area contributed by atoms with E-state index < -0.39 is 4.92 Å². The molecule has 0 aliphatic heterocycles. The van der Waals surface area contributed by atoms with Crippen LogP contribution in [0.4, 0.5) is 10.1 Å². The molecule has 1 unspecified atom stereocenters. The Kier molecular flexibility index (Phi) is 4.54. The summed E-state index contributed by atoms with van der Waals surface area (Å²) in [4.78, 5) is 22.3. The molecule has 1 aliphatic carbocycles. The second kappa shape index (κ2) is 6.77. The molecule has 24 heavy (non-hydrogen) atoms. The predicted octanol–water partition coefficient (Wildman–Crippen LogP) is 2.59. The highest BCUT2D eigenvalue weighted by Crippen LogP contribution is 2.41. The zero-order valence-electron chi connectivity index (χ0n) is 12.9. The number of rotatable bonds is 7. The number of aryl methyl sites for hydroxylation is 1. The van der Waals surface area contributed by atoms with Crippen molar-refractivity contribution in [1.82, 2.24) is 15.1 Å². The summed E-state index contributed by atoms with van der Waals surface area (Å²) in [5.74, 6) is -0.0838. The van der Waals surface area contributed by atoms with Crippen molar-refractivity contribution in [1.29, 1.82) is 0 Å². The summed E-state index contributed by atoms with van der Waals surface area (Å²) in [5, 5.41) is 17.4. The Hall–Kier alpha value is -2.77. The number of hydrogen-bond acceptors (Lipinski definition) is 4. The highest BCUT2D eigenvalue weighted by molar-refractivity contribution is 5.76. The van der Waals surface area contributed by atoms with Gasteiger partial charge in [-0.3, -0.25) is 19.6 Å². The number of nitro groups is 1. The summed E-state index contributed by atoms with van der Waals surface area (Å²) < 4.78 is 14.4. The van der Waals surface area contributed by atoms with E-state index in [0.29, 0.717) is 5.92 Å². The van der Waals surface area contributed by atoms with Crippen LogP contribution in [0.15, 0.2) is 36.7 Å². The van der Waals surface area contributed by atoms with Crippen molar-refractivity contribution in [2.24, 2.45) is 5.92 Å². The molecular weight excluding hydrogens is 315 g/mol. The van der Waals surface area contributed by atoms with Crippen molar-refractivity contribution in [3.63, 3.8) is 0 Å². The fraction of sp³-hybridized carbons (Fsp3) is 0.375. The van der Waals surface area contributed by atoms with Crippen molar-refractivity contribution in [2.45, 2.75) is 31.8 Å². The van der Waals surface area contributed by atoms with Crippen molar-refractivity contribution < 1.29 is 14.1 Å². The number of nitrogens with one attached hydrogen (secondary N) is 1. The van der Waals surface area contributed by atoms with Gasteiger partial charge in [0.1, 0.15) is 18.2 Å². The van der Waals surface area contributed by atoms with Gasteiger partial charge in [0.25, 0.3) is 0 Å². The Bertz CT molecular complexity index is 740. The molecule has 1 amide bonds. The van der Waals surface area contributed by atoms with Gasteiger partial charge in [-0.25, -0.2) is 4.39 Å². The minimum atomic E-state index is -0.527. The Morgan fingerprint density at radius 1 is 1.42 bits per heavy atom. The van der Waals surface area contributed by atoms with Gasteiger partial charge in [0, 0.05) is 13.0 Å². The van der Waals surface area contributed by atoms with Crippen LogP contribution in [0.25, 0.3) is 0 Å². The van der Waals surface area contributed by atoms with Gasteiger partial charge >= 0.3 is 5.69 Å². The summed E-state index contributed by atoms with van der Waals surface area (Å²) >= 11 is 0. The molecule has 1 aromatic heterocycles. The van der Waals surface area contributed by atoms with E-state index >= 15 is 0 Å². The SMILES string of the molecule is O=C(CCn1cc([N+](=O)[O-])cn1)NC(c1ccc(F)cc1)C1CC1. The molecule has 0 saturated heterocycles. The average Bonchev–Trinajstić information content (AvgIpc) is 3.28. The normalized spacial score (nSPS) is 15.0. The van der Waals surface area contributed by atoms with E-state index in [0.717, 1.165) is 24.6 Å². The fourth-order valence-electron chi connectivity index (χ4n) is 2.60. The molecule has 0 spiro atoms. The molecule has 1 aliphatic rings. The minimum absolute atomic E-state index is 0.0995. The van der Waals surface area contributed by atoms with Gasteiger partial charge in [0.05, 0.1) is 11.0 Å².